The minimum Gasteiger partial charge on any atom is -0.502 e. The van der Waals surface area contributed by atoms with Gasteiger partial charge in [0.25, 0.3) is 5.56 Å². The van der Waals surface area contributed by atoms with Crippen molar-refractivity contribution in [2.45, 2.75) is 13.1 Å². The standard InChI is InChI=1S/C18H18N4O2/c1-22(11-13-7-3-2-4-8-13)12-15-16(23)18(24)21-17(20-15)14-9-5-6-10-19-14/h2-10,23H,11-12H2,1H3,(H,20,21,24). The zero-order chi connectivity index (χ0) is 16.9. The lowest BCUT2D eigenvalue weighted by atomic mass is 10.2. The lowest BCUT2D eigenvalue weighted by Gasteiger charge is -2.17. The zero-order valence-electron chi connectivity index (χ0n) is 13.3. The van der Waals surface area contributed by atoms with E-state index in [1.54, 1.807) is 18.3 Å². The molecule has 0 fully saturated rings. The second kappa shape index (κ2) is 7.06. The number of aromatic amines is 1. The molecule has 0 saturated carbocycles. The van der Waals surface area contributed by atoms with Gasteiger partial charge in [-0.2, -0.15) is 0 Å². The molecule has 3 aromatic rings. The van der Waals surface area contributed by atoms with E-state index in [-0.39, 0.29) is 5.75 Å². The van der Waals surface area contributed by atoms with Crippen molar-refractivity contribution in [1.82, 2.24) is 19.9 Å². The van der Waals surface area contributed by atoms with Crippen molar-refractivity contribution in [1.29, 1.82) is 0 Å². The van der Waals surface area contributed by atoms with Crippen LogP contribution >= 0.6 is 0 Å². The van der Waals surface area contributed by atoms with Crippen molar-refractivity contribution in [3.8, 4) is 17.3 Å². The van der Waals surface area contributed by atoms with Gasteiger partial charge in [0.1, 0.15) is 11.4 Å². The first-order valence-electron chi connectivity index (χ1n) is 7.59. The summed E-state index contributed by atoms with van der Waals surface area (Å²) in [5, 5.41) is 10.0. The predicted molar refractivity (Wildman–Crippen MR) is 91.4 cm³/mol. The van der Waals surface area contributed by atoms with Crippen molar-refractivity contribution in [3.63, 3.8) is 0 Å². The van der Waals surface area contributed by atoms with E-state index in [2.05, 4.69) is 15.0 Å². The van der Waals surface area contributed by atoms with Crippen molar-refractivity contribution in [2.24, 2.45) is 0 Å². The van der Waals surface area contributed by atoms with Crippen LogP contribution in [0.1, 0.15) is 11.3 Å². The Balaban J connectivity index is 1.85. The van der Waals surface area contributed by atoms with Crippen LogP contribution in [-0.2, 0) is 13.1 Å². The fraction of sp³-hybridized carbons (Fsp3) is 0.167. The highest BCUT2D eigenvalue weighted by Gasteiger charge is 2.14. The molecular weight excluding hydrogens is 304 g/mol. The number of nitrogens with zero attached hydrogens (tertiary/aromatic N) is 3. The molecule has 0 aliphatic heterocycles. The Morgan fingerprint density at radius 2 is 1.83 bits per heavy atom. The molecule has 0 unspecified atom stereocenters. The van der Waals surface area contributed by atoms with Gasteiger partial charge in [-0.15, -0.1) is 0 Å². The molecule has 24 heavy (non-hydrogen) atoms. The molecule has 0 atom stereocenters. The van der Waals surface area contributed by atoms with E-state index >= 15 is 0 Å². The number of pyridine rings is 1. The van der Waals surface area contributed by atoms with Crippen LogP contribution in [0.5, 0.6) is 5.75 Å². The second-order valence-corrected chi connectivity index (χ2v) is 5.58. The largest absolute Gasteiger partial charge is 0.502 e. The monoisotopic (exact) mass is 322 g/mol. The molecule has 0 spiro atoms. The second-order valence-electron chi connectivity index (χ2n) is 5.58. The third kappa shape index (κ3) is 3.67. The van der Waals surface area contributed by atoms with E-state index in [1.807, 2.05) is 48.3 Å². The quantitative estimate of drug-likeness (QED) is 0.752. The molecule has 0 aliphatic carbocycles. The van der Waals surface area contributed by atoms with Crippen LogP contribution in [0.15, 0.2) is 59.5 Å². The van der Waals surface area contributed by atoms with E-state index < -0.39 is 5.56 Å². The lowest BCUT2D eigenvalue weighted by Crippen LogP contribution is -2.21. The van der Waals surface area contributed by atoms with Gasteiger partial charge in [-0.1, -0.05) is 36.4 Å². The summed E-state index contributed by atoms with van der Waals surface area (Å²) in [4.78, 5) is 25.1. The van der Waals surface area contributed by atoms with E-state index in [4.69, 9.17) is 0 Å². The smallest absolute Gasteiger partial charge is 0.293 e. The van der Waals surface area contributed by atoms with Crippen LogP contribution in [0.25, 0.3) is 11.5 Å². The summed E-state index contributed by atoms with van der Waals surface area (Å²) in [6, 6.07) is 15.3. The molecule has 0 amide bonds. The number of hydrogen-bond donors (Lipinski definition) is 2. The Morgan fingerprint density at radius 1 is 1.08 bits per heavy atom. The zero-order valence-corrected chi connectivity index (χ0v) is 13.3. The molecule has 0 bridgehead atoms. The molecule has 2 aromatic heterocycles. The number of rotatable bonds is 5. The minimum atomic E-state index is -0.561. The van der Waals surface area contributed by atoms with Crippen molar-refractivity contribution in [2.75, 3.05) is 7.05 Å². The van der Waals surface area contributed by atoms with Gasteiger partial charge < -0.3 is 10.1 Å². The summed E-state index contributed by atoms with van der Waals surface area (Å²) < 4.78 is 0. The summed E-state index contributed by atoms with van der Waals surface area (Å²) in [6.45, 7) is 1.04. The SMILES string of the molecule is CN(Cc1ccccc1)Cc1nc(-c2ccccn2)[nH]c(=O)c1O. The van der Waals surface area contributed by atoms with Gasteiger partial charge in [-0.05, 0) is 24.7 Å². The fourth-order valence-corrected chi connectivity index (χ4v) is 2.45. The molecule has 2 N–H and O–H groups in total. The van der Waals surface area contributed by atoms with E-state index in [9.17, 15) is 9.90 Å². The van der Waals surface area contributed by atoms with Crippen molar-refractivity contribution >= 4 is 0 Å². The molecule has 3 rings (SSSR count). The summed E-state index contributed by atoms with van der Waals surface area (Å²) in [6.07, 6.45) is 1.63. The van der Waals surface area contributed by atoms with Crippen LogP contribution in [0.3, 0.4) is 0 Å². The van der Waals surface area contributed by atoms with Crippen molar-refractivity contribution < 1.29 is 5.11 Å². The lowest BCUT2D eigenvalue weighted by molar-refractivity contribution is 0.307. The Bertz CT molecular complexity index is 863. The molecule has 2 heterocycles. The third-order valence-electron chi connectivity index (χ3n) is 3.59. The molecule has 122 valence electrons. The number of benzene rings is 1. The molecule has 6 heteroatoms. The highest BCUT2D eigenvalue weighted by molar-refractivity contribution is 5.49. The molecular formula is C18H18N4O2. The number of H-pyrrole nitrogens is 1. The van der Waals surface area contributed by atoms with Crippen LogP contribution in [0, 0.1) is 0 Å². The normalized spacial score (nSPS) is 10.9. The molecule has 6 nitrogen and oxygen atoms in total. The molecule has 0 aliphatic rings. The maximum atomic E-state index is 12.0. The fourth-order valence-electron chi connectivity index (χ4n) is 2.45. The average molecular weight is 322 g/mol. The van der Waals surface area contributed by atoms with Crippen LogP contribution in [0.2, 0.25) is 0 Å². The van der Waals surface area contributed by atoms with Gasteiger partial charge in [0.05, 0.1) is 0 Å². The number of hydrogen-bond acceptors (Lipinski definition) is 5. The summed E-state index contributed by atoms with van der Waals surface area (Å²) in [5.41, 5.74) is 1.47. The Hall–Kier alpha value is -2.99. The highest BCUT2D eigenvalue weighted by atomic mass is 16.3. The Morgan fingerprint density at radius 3 is 2.54 bits per heavy atom. The first kappa shape index (κ1) is 15.9. The Labute approximate surface area is 139 Å². The van der Waals surface area contributed by atoms with Crippen molar-refractivity contribution in [3.05, 3.63) is 76.3 Å². The first-order valence-corrected chi connectivity index (χ1v) is 7.59. The first-order chi connectivity index (χ1) is 11.6. The van der Waals surface area contributed by atoms with Gasteiger partial charge in [0.15, 0.2) is 5.82 Å². The predicted octanol–water partition coefficient (Wildman–Crippen LogP) is 2.17. The maximum Gasteiger partial charge on any atom is 0.293 e. The highest BCUT2D eigenvalue weighted by Crippen LogP contribution is 2.16. The van der Waals surface area contributed by atoms with Gasteiger partial charge >= 0.3 is 0 Å². The Kier molecular flexibility index (Phi) is 4.67. The van der Waals surface area contributed by atoms with E-state index in [0.29, 0.717) is 30.3 Å². The molecule has 0 saturated heterocycles. The van der Waals surface area contributed by atoms with Gasteiger partial charge in [0, 0.05) is 19.3 Å². The van der Waals surface area contributed by atoms with E-state index in [1.165, 1.54) is 0 Å². The maximum absolute atomic E-state index is 12.0. The van der Waals surface area contributed by atoms with E-state index in [0.717, 1.165) is 5.56 Å². The van der Waals surface area contributed by atoms with Gasteiger partial charge in [0.2, 0.25) is 5.75 Å². The minimum absolute atomic E-state index is 0.331. The van der Waals surface area contributed by atoms with Gasteiger partial charge in [-0.25, -0.2) is 4.98 Å². The molecule has 0 radical (unpaired) electrons. The summed E-state index contributed by atoms with van der Waals surface area (Å²) >= 11 is 0. The van der Waals surface area contributed by atoms with Gasteiger partial charge in [-0.3, -0.25) is 14.7 Å². The number of aromatic hydroxyl groups is 1. The summed E-state index contributed by atoms with van der Waals surface area (Å²) in [5.74, 6) is -0.00361. The molecule has 1 aromatic carbocycles. The average Bonchev–Trinajstić information content (AvgIpc) is 2.60. The third-order valence-corrected chi connectivity index (χ3v) is 3.59. The van der Waals surface area contributed by atoms with Crippen LogP contribution in [0.4, 0.5) is 0 Å². The topological polar surface area (TPSA) is 82.1 Å². The number of aromatic nitrogens is 3. The number of nitrogens with one attached hydrogen (secondary N) is 1. The summed E-state index contributed by atoms with van der Waals surface area (Å²) in [7, 11) is 1.91. The van der Waals surface area contributed by atoms with Crippen LogP contribution in [-0.4, -0.2) is 32.0 Å². The van der Waals surface area contributed by atoms with Crippen LogP contribution < -0.4 is 5.56 Å².